The first-order valence-corrected chi connectivity index (χ1v) is 3.61. The van der Waals surface area contributed by atoms with Gasteiger partial charge in [0.15, 0.2) is 0 Å². The molecule has 0 aromatic carbocycles. The van der Waals surface area contributed by atoms with Gasteiger partial charge in [-0.3, -0.25) is 0 Å². The van der Waals surface area contributed by atoms with Gasteiger partial charge in [0, 0.05) is 12.0 Å². The van der Waals surface area contributed by atoms with Crippen molar-refractivity contribution in [3.63, 3.8) is 0 Å². The minimum atomic E-state index is 0.0931. The standard InChI is InChI=1S/C8H17NO/c1-6(2)8(4)10-5-7(3)9/h6-7H,4-5,9H2,1-3H3/t7-/m0/s1. The molecule has 0 saturated heterocycles. The monoisotopic (exact) mass is 143 g/mol. The second-order valence-corrected chi connectivity index (χ2v) is 2.91. The van der Waals surface area contributed by atoms with Gasteiger partial charge in [0.05, 0.1) is 5.76 Å². The van der Waals surface area contributed by atoms with Gasteiger partial charge in [-0.05, 0) is 6.92 Å². The van der Waals surface area contributed by atoms with E-state index in [9.17, 15) is 0 Å². The molecule has 0 aliphatic heterocycles. The van der Waals surface area contributed by atoms with Crippen LogP contribution in [0.25, 0.3) is 0 Å². The van der Waals surface area contributed by atoms with E-state index in [0.29, 0.717) is 12.5 Å². The summed E-state index contributed by atoms with van der Waals surface area (Å²) in [6, 6.07) is 0.0931. The predicted molar refractivity (Wildman–Crippen MR) is 43.6 cm³/mol. The van der Waals surface area contributed by atoms with Crippen molar-refractivity contribution < 1.29 is 4.74 Å². The minimum Gasteiger partial charge on any atom is -0.497 e. The lowest BCUT2D eigenvalue weighted by molar-refractivity contribution is 0.175. The number of hydrogen-bond acceptors (Lipinski definition) is 2. The first-order valence-electron chi connectivity index (χ1n) is 3.61. The molecular formula is C8H17NO. The fraction of sp³-hybridized carbons (Fsp3) is 0.750. The Morgan fingerprint density at radius 1 is 1.50 bits per heavy atom. The van der Waals surface area contributed by atoms with Crippen LogP contribution >= 0.6 is 0 Å². The molecule has 2 nitrogen and oxygen atoms in total. The van der Waals surface area contributed by atoms with E-state index >= 15 is 0 Å². The van der Waals surface area contributed by atoms with Gasteiger partial charge in [-0.25, -0.2) is 0 Å². The van der Waals surface area contributed by atoms with Gasteiger partial charge in [-0.1, -0.05) is 20.4 Å². The number of nitrogens with two attached hydrogens (primary N) is 1. The molecule has 0 aliphatic carbocycles. The molecule has 0 heterocycles. The zero-order chi connectivity index (χ0) is 8.15. The molecule has 0 rings (SSSR count). The average molecular weight is 143 g/mol. The van der Waals surface area contributed by atoms with Crippen LogP contribution in [0, 0.1) is 5.92 Å². The van der Waals surface area contributed by atoms with Gasteiger partial charge in [-0.2, -0.15) is 0 Å². The van der Waals surface area contributed by atoms with Crippen molar-refractivity contribution in [1.29, 1.82) is 0 Å². The lowest BCUT2D eigenvalue weighted by Gasteiger charge is -2.13. The second kappa shape index (κ2) is 4.34. The maximum atomic E-state index is 5.47. The maximum Gasteiger partial charge on any atom is 0.102 e. The third-order valence-corrected chi connectivity index (χ3v) is 1.18. The first-order chi connectivity index (χ1) is 4.54. The molecule has 0 fully saturated rings. The van der Waals surface area contributed by atoms with Gasteiger partial charge in [0.2, 0.25) is 0 Å². The maximum absolute atomic E-state index is 5.47. The van der Waals surface area contributed by atoms with E-state index in [-0.39, 0.29) is 6.04 Å². The SMILES string of the molecule is C=C(OC[C@H](C)N)C(C)C. The van der Waals surface area contributed by atoms with Gasteiger partial charge in [0.1, 0.15) is 6.61 Å². The molecule has 0 aromatic rings. The molecule has 0 unspecified atom stereocenters. The Bertz CT molecular complexity index is 108. The smallest absolute Gasteiger partial charge is 0.102 e. The molecule has 2 N–H and O–H groups in total. The molecule has 0 aliphatic rings. The van der Waals surface area contributed by atoms with Crippen LogP contribution in [0.1, 0.15) is 20.8 Å². The van der Waals surface area contributed by atoms with E-state index in [2.05, 4.69) is 6.58 Å². The van der Waals surface area contributed by atoms with Crippen LogP contribution in [0.2, 0.25) is 0 Å². The van der Waals surface area contributed by atoms with Crippen LogP contribution in [0.5, 0.6) is 0 Å². The van der Waals surface area contributed by atoms with Gasteiger partial charge >= 0.3 is 0 Å². The molecular weight excluding hydrogens is 126 g/mol. The van der Waals surface area contributed by atoms with Crippen molar-refractivity contribution in [2.24, 2.45) is 11.7 Å². The highest BCUT2D eigenvalue weighted by atomic mass is 16.5. The van der Waals surface area contributed by atoms with E-state index in [4.69, 9.17) is 10.5 Å². The highest BCUT2D eigenvalue weighted by Crippen LogP contribution is 2.07. The lowest BCUT2D eigenvalue weighted by Crippen LogP contribution is -2.22. The summed E-state index contributed by atoms with van der Waals surface area (Å²) in [5.41, 5.74) is 5.47. The van der Waals surface area contributed by atoms with Crippen LogP contribution < -0.4 is 5.73 Å². The molecule has 1 atom stereocenters. The van der Waals surface area contributed by atoms with Crippen molar-refractivity contribution in [2.75, 3.05) is 6.61 Å². The third kappa shape index (κ3) is 4.39. The molecule has 0 bridgehead atoms. The Balaban J connectivity index is 3.40. The number of rotatable bonds is 4. The van der Waals surface area contributed by atoms with E-state index in [1.807, 2.05) is 20.8 Å². The van der Waals surface area contributed by atoms with Crippen LogP contribution in [-0.2, 0) is 4.74 Å². The zero-order valence-corrected chi connectivity index (χ0v) is 7.05. The summed E-state index contributed by atoms with van der Waals surface area (Å²) in [6.45, 7) is 10.3. The van der Waals surface area contributed by atoms with E-state index in [1.54, 1.807) is 0 Å². The average Bonchev–Trinajstić information content (AvgIpc) is 1.82. The summed E-state index contributed by atoms with van der Waals surface area (Å²) in [5.74, 6) is 1.20. The highest BCUT2D eigenvalue weighted by molar-refractivity contribution is 4.86. The largest absolute Gasteiger partial charge is 0.497 e. The van der Waals surface area contributed by atoms with Crippen molar-refractivity contribution in [2.45, 2.75) is 26.8 Å². The molecule has 60 valence electrons. The van der Waals surface area contributed by atoms with E-state index < -0.39 is 0 Å². The van der Waals surface area contributed by atoms with E-state index in [0.717, 1.165) is 5.76 Å². The molecule has 0 saturated carbocycles. The Kier molecular flexibility index (Phi) is 4.12. The number of allylic oxidation sites excluding steroid dienone is 1. The van der Waals surface area contributed by atoms with Gasteiger partial charge in [0.25, 0.3) is 0 Å². The third-order valence-electron chi connectivity index (χ3n) is 1.18. The Morgan fingerprint density at radius 3 is 2.30 bits per heavy atom. The lowest BCUT2D eigenvalue weighted by atomic mass is 10.2. The fourth-order valence-corrected chi connectivity index (χ4v) is 0.405. The summed E-state index contributed by atoms with van der Waals surface area (Å²) in [6.07, 6.45) is 0. The molecule has 0 spiro atoms. The highest BCUT2D eigenvalue weighted by Gasteiger charge is 2.01. The molecule has 0 radical (unpaired) electrons. The fourth-order valence-electron chi connectivity index (χ4n) is 0.405. The van der Waals surface area contributed by atoms with Crippen LogP contribution in [0.3, 0.4) is 0 Å². The van der Waals surface area contributed by atoms with Crippen molar-refractivity contribution in [3.05, 3.63) is 12.3 Å². The van der Waals surface area contributed by atoms with Crippen molar-refractivity contribution in [1.82, 2.24) is 0 Å². The van der Waals surface area contributed by atoms with Crippen LogP contribution in [-0.4, -0.2) is 12.6 Å². The minimum absolute atomic E-state index is 0.0931. The molecule has 0 amide bonds. The molecule has 2 heteroatoms. The molecule has 10 heavy (non-hydrogen) atoms. The second-order valence-electron chi connectivity index (χ2n) is 2.91. The summed E-state index contributed by atoms with van der Waals surface area (Å²) in [7, 11) is 0. The quantitative estimate of drug-likeness (QED) is 0.605. The van der Waals surface area contributed by atoms with Crippen LogP contribution in [0.4, 0.5) is 0 Å². The zero-order valence-electron chi connectivity index (χ0n) is 7.05. The number of hydrogen-bond donors (Lipinski definition) is 1. The predicted octanol–water partition coefficient (Wildman–Crippen LogP) is 1.52. The normalized spacial score (nSPS) is 13.3. The summed E-state index contributed by atoms with van der Waals surface area (Å²) in [5, 5.41) is 0. The summed E-state index contributed by atoms with van der Waals surface area (Å²) in [4.78, 5) is 0. The first kappa shape index (κ1) is 9.50. The Morgan fingerprint density at radius 2 is 2.00 bits per heavy atom. The van der Waals surface area contributed by atoms with Crippen LogP contribution in [0.15, 0.2) is 12.3 Å². The summed E-state index contributed by atoms with van der Waals surface area (Å²) < 4.78 is 5.25. The Hall–Kier alpha value is -0.500. The topological polar surface area (TPSA) is 35.2 Å². The van der Waals surface area contributed by atoms with Crippen molar-refractivity contribution in [3.8, 4) is 0 Å². The van der Waals surface area contributed by atoms with Crippen molar-refractivity contribution >= 4 is 0 Å². The number of ether oxygens (including phenoxy) is 1. The molecule has 0 aromatic heterocycles. The van der Waals surface area contributed by atoms with Gasteiger partial charge in [-0.15, -0.1) is 0 Å². The van der Waals surface area contributed by atoms with E-state index in [1.165, 1.54) is 0 Å². The summed E-state index contributed by atoms with van der Waals surface area (Å²) >= 11 is 0. The Labute approximate surface area is 63.1 Å². The van der Waals surface area contributed by atoms with Gasteiger partial charge < -0.3 is 10.5 Å².